The Balaban J connectivity index is 2.15. The van der Waals surface area contributed by atoms with E-state index in [2.05, 4.69) is 9.97 Å². The third kappa shape index (κ3) is 2.29. The molecule has 1 aromatic carbocycles. The third-order valence-electron chi connectivity index (χ3n) is 3.01. The second-order valence-corrected chi connectivity index (χ2v) is 5.22. The van der Waals surface area contributed by atoms with Crippen LogP contribution in [0.15, 0.2) is 36.4 Å². The van der Waals surface area contributed by atoms with Gasteiger partial charge in [-0.05, 0) is 43.4 Å². The number of fused-ring (bicyclic) bond motifs is 1. The molecule has 0 atom stereocenters. The van der Waals surface area contributed by atoms with Crippen LogP contribution in [0.3, 0.4) is 0 Å². The molecule has 3 rings (SSSR count). The predicted molar refractivity (Wildman–Crippen MR) is 80.2 cm³/mol. The van der Waals surface area contributed by atoms with Crippen molar-refractivity contribution < 1.29 is 0 Å². The average molecular weight is 290 g/mol. The number of aromatic nitrogens is 3. The fourth-order valence-corrected chi connectivity index (χ4v) is 2.72. The summed E-state index contributed by atoms with van der Waals surface area (Å²) in [5.74, 6) is 0. The number of nitrogens with zero attached hydrogens (tertiary/aromatic N) is 2. The number of halogens is 1. The number of imidazole rings is 1. The van der Waals surface area contributed by atoms with Crippen molar-refractivity contribution in [1.82, 2.24) is 14.5 Å². The summed E-state index contributed by atoms with van der Waals surface area (Å²) in [6, 6.07) is 11.7. The van der Waals surface area contributed by atoms with E-state index in [9.17, 15) is 0 Å². The Bertz CT molecular complexity index is 804. The molecule has 0 saturated carbocycles. The fourth-order valence-electron chi connectivity index (χ4n) is 2.18. The van der Waals surface area contributed by atoms with Crippen LogP contribution in [0.5, 0.6) is 0 Å². The molecule has 0 bridgehead atoms. The first-order valence-corrected chi connectivity index (χ1v) is 6.73. The summed E-state index contributed by atoms with van der Waals surface area (Å²) in [6.45, 7) is 2.59. The van der Waals surface area contributed by atoms with Crippen LogP contribution in [0, 0.1) is 11.7 Å². The summed E-state index contributed by atoms with van der Waals surface area (Å²) in [5.41, 5.74) is 3.84. The minimum Gasteiger partial charge on any atom is -0.331 e. The van der Waals surface area contributed by atoms with Gasteiger partial charge in [0, 0.05) is 5.69 Å². The number of aromatic amines is 1. The zero-order chi connectivity index (χ0) is 13.4. The lowest BCUT2D eigenvalue weighted by molar-refractivity contribution is 0.781. The van der Waals surface area contributed by atoms with Crippen LogP contribution in [0.4, 0.5) is 0 Å². The van der Waals surface area contributed by atoms with E-state index in [4.69, 9.17) is 23.8 Å². The summed E-state index contributed by atoms with van der Waals surface area (Å²) in [6.07, 6.45) is 0. The van der Waals surface area contributed by atoms with Crippen molar-refractivity contribution >= 4 is 34.9 Å². The number of para-hydroxylation sites is 1. The molecule has 0 aliphatic heterocycles. The second-order valence-electron chi connectivity index (χ2n) is 4.42. The van der Waals surface area contributed by atoms with Crippen LogP contribution < -0.4 is 0 Å². The number of aryl methyl sites for hydroxylation is 1. The molecule has 0 fully saturated rings. The third-order valence-corrected chi connectivity index (χ3v) is 3.64. The maximum Gasteiger partial charge on any atom is 0.178 e. The smallest absolute Gasteiger partial charge is 0.178 e. The number of H-pyrrole nitrogens is 1. The molecule has 2 aromatic heterocycles. The van der Waals surface area contributed by atoms with Crippen molar-refractivity contribution in [1.29, 1.82) is 0 Å². The summed E-state index contributed by atoms with van der Waals surface area (Å²) >= 11 is 11.6. The van der Waals surface area contributed by atoms with Gasteiger partial charge < -0.3 is 9.55 Å². The van der Waals surface area contributed by atoms with Gasteiger partial charge in [0.1, 0.15) is 0 Å². The zero-order valence-electron chi connectivity index (χ0n) is 10.4. The van der Waals surface area contributed by atoms with Gasteiger partial charge in [-0.3, -0.25) is 4.98 Å². The largest absolute Gasteiger partial charge is 0.331 e. The summed E-state index contributed by atoms with van der Waals surface area (Å²) in [5, 5.41) is 0.692. The molecule has 0 spiro atoms. The van der Waals surface area contributed by atoms with E-state index in [0.717, 1.165) is 22.4 Å². The summed E-state index contributed by atoms with van der Waals surface area (Å²) < 4.78 is 2.64. The van der Waals surface area contributed by atoms with Gasteiger partial charge in [-0.15, -0.1) is 0 Å². The van der Waals surface area contributed by atoms with E-state index in [-0.39, 0.29) is 0 Å². The van der Waals surface area contributed by atoms with E-state index in [1.54, 1.807) is 0 Å². The average Bonchev–Trinajstić information content (AvgIpc) is 2.67. The lowest BCUT2D eigenvalue weighted by Crippen LogP contribution is -2.02. The molecule has 0 aliphatic rings. The molecule has 3 nitrogen and oxygen atoms in total. The van der Waals surface area contributed by atoms with Gasteiger partial charge in [-0.2, -0.15) is 0 Å². The first-order chi connectivity index (χ1) is 9.15. The predicted octanol–water partition coefficient (Wildman–Crippen LogP) is 4.10. The molecule has 96 valence electrons. The van der Waals surface area contributed by atoms with Gasteiger partial charge in [0.25, 0.3) is 0 Å². The lowest BCUT2D eigenvalue weighted by atomic mass is 10.3. The van der Waals surface area contributed by atoms with Crippen LogP contribution in [-0.4, -0.2) is 14.5 Å². The van der Waals surface area contributed by atoms with E-state index < -0.39 is 0 Å². The van der Waals surface area contributed by atoms with Crippen molar-refractivity contribution in [2.45, 2.75) is 13.5 Å². The Hall–Kier alpha value is -1.65. The molecule has 0 aliphatic carbocycles. The van der Waals surface area contributed by atoms with Crippen LogP contribution in [-0.2, 0) is 6.54 Å². The normalized spacial score (nSPS) is 11.1. The van der Waals surface area contributed by atoms with Crippen molar-refractivity contribution in [3.05, 3.63) is 57.6 Å². The number of benzene rings is 1. The number of rotatable bonds is 2. The Morgan fingerprint density at radius 3 is 2.84 bits per heavy atom. The SMILES string of the molecule is Cc1cccc(Cn2c(=S)[nH]c3cccc(Cl)c32)n1. The molecule has 0 unspecified atom stereocenters. The van der Waals surface area contributed by atoms with Gasteiger partial charge in [0.15, 0.2) is 4.77 Å². The monoisotopic (exact) mass is 289 g/mol. The van der Waals surface area contributed by atoms with Gasteiger partial charge >= 0.3 is 0 Å². The highest BCUT2D eigenvalue weighted by Gasteiger charge is 2.08. The molecule has 0 amide bonds. The lowest BCUT2D eigenvalue weighted by Gasteiger charge is -2.06. The number of hydrogen-bond acceptors (Lipinski definition) is 2. The second kappa shape index (κ2) is 4.79. The minimum atomic E-state index is 0.615. The quantitative estimate of drug-likeness (QED) is 0.721. The zero-order valence-corrected chi connectivity index (χ0v) is 11.9. The molecule has 5 heteroatoms. The fraction of sp³-hybridized carbons (Fsp3) is 0.143. The standard InChI is InChI=1S/C14H12ClN3S/c1-9-4-2-5-10(16-9)8-18-13-11(15)6-3-7-12(13)17-14(18)19/h2-7H,8H2,1H3,(H,17,19). The topological polar surface area (TPSA) is 33.6 Å². The van der Waals surface area contributed by atoms with Crippen LogP contribution in [0.25, 0.3) is 11.0 Å². The molecule has 19 heavy (non-hydrogen) atoms. The Kier molecular flexibility index (Phi) is 3.12. The highest BCUT2D eigenvalue weighted by Crippen LogP contribution is 2.23. The molecule has 2 heterocycles. The first kappa shape index (κ1) is 12.4. The highest BCUT2D eigenvalue weighted by molar-refractivity contribution is 7.71. The van der Waals surface area contributed by atoms with E-state index in [0.29, 0.717) is 16.3 Å². The van der Waals surface area contributed by atoms with E-state index >= 15 is 0 Å². The van der Waals surface area contributed by atoms with E-state index in [1.165, 1.54) is 0 Å². The van der Waals surface area contributed by atoms with Crippen LogP contribution in [0.2, 0.25) is 5.02 Å². The van der Waals surface area contributed by atoms with Gasteiger partial charge in [-0.25, -0.2) is 0 Å². The molecule has 1 N–H and O–H groups in total. The Morgan fingerprint density at radius 1 is 1.26 bits per heavy atom. The number of pyridine rings is 1. The highest BCUT2D eigenvalue weighted by atomic mass is 35.5. The van der Waals surface area contributed by atoms with Gasteiger partial charge in [0.05, 0.1) is 28.3 Å². The van der Waals surface area contributed by atoms with Crippen molar-refractivity contribution in [2.24, 2.45) is 0 Å². The van der Waals surface area contributed by atoms with Crippen molar-refractivity contribution in [3.63, 3.8) is 0 Å². The van der Waals surface area contributed by atoms with Crippen LogP contribution in [0.1, 0.15) is 11.4 Å². The molecular formula is C14H12ClN3S. The van der Waals surface area contributed by atoms with Crippen molar-refractivity contribution in [2.75, 3.05) is 0 Å². The Labute approximate surface area is 120 Å². The molecular weight excluding hydrogens is 278 g/mol. The minimum absolute atomic E-state index is 0.615. The molecule has 0 saturated heterocycles. The molecule has 3 aromatic rings. The molecule has 0 radical (unpaired) electrons. The van der Waals surface area contributed by atoms with E-state index in [1.807, 2.05) is 47.9 Å². The maximum absolute atomic E-state index is 6.27. The van der Waals surface area contributed by atoms with Crippen LogP contribution >= 0.6 is 23.8 Å². The Morgan fingerprint density at radius 2 is 2.05 bits per heavy atom. The number of nitrogens with one attached hydrogen (secondary N) is 1. The van der Waals surface area contributed by atoms with Gasteiger partial charge in [0.2, 0.25) is 0 Å². The maximum atomic E-state index is 6.27. The van der Waals surface area contributed by atoms with Gasteiger partial charge in [-0.1, -0.05) is 23.7 Å². The summed E-state index contributed by atoms with van der Waals surface area (Å²) in [7, 11) is 0. The number of hydrogen-bond donors (Lipinski definition) is 1. The first-order valence-electron chi connectivity index (χ1n) is 5.95. The summed E-state index contributed by atoms with van der Waals surface area (Å²) in [4.78, 5) is 7.67. The van der Waals surface area contributed by atoms with Crippen molar-refractivity contribution in [3.8, 4) is 0 Å².